The van der Waals surface area contributed by atoms with Gasteiger partial charge in [0, 0.05) is 31.8 Å². The van der Waals surface area contributed by atoms with E-state index >= 15 is 0 Å². The summed E-state index contributed by atoms with van der Waals surface area (Å²) in [5, 5.41) is 8.53. The molecule has 0 aliphatic heterocycles. The van der Waals surface area contributed by atoms with Crippen LogP contribution in [0.1, 0.15) is 47.0 Å². The van der Waals surface area contributed by atoms with Gasteiger partial charge in [0.05, 0.1) is 6.04 Å². The zero-order valence-corrected chi connectivity index (χ0v) is 13.6. The minimum Gasteiger partial charge on any atom is -0.356 e. The number of carbonyl (C=O) groups excluding carboxylic acids is 3. The van der Waals surface area contributed by atoms with E-state index in [4.69, 9.17) is 0 Å². The summed E-state index contributed by atoms with van der Waals surface area (Å²) in [5.41, 5.74) is 0. The molecule has 0 aliphatic rings. The molecule has 0 aromatic heterocycles. The number of carbonyl (C=O) groups is 3. The molecule has 0 saturated carbocycles. The topological polar surface area (TPSA) is 87.3 Å². The largest absolute Gasteiger partial charge is 0.356 e. The maximum atomic E-state index is 12.0. The molecule has 0 aliphatic carbocycles. The predicted molar refractivity (Wildman–Crippen MR) is 82.9 cm³/mol. The van der Waals surface area contributed by atoms with Crippen molar-refractivity contribution in [1.29, 1.82) is 0 Å². The number of hydrogen-bond donors (Lipinski definition) is 3. The van der Waals surface area contributed by atoms with Crippen LogP contribution in [0.2, 0.25) is 0 Å². The molecule has 21 heavy (non-hydrogen) atoms. The van der Waals surface area contributed by atoms with Gasteiger partial charge >= 0.3 is 0 Å². The lowest BCUT2D eigenvalue weighted by molar-refractivity contribution is -0.124. The molecule has 3 N–H and O–H groups in total. The number of Topliss-reactive ketones (excluding diaryl/α,β-unsaturated/α-hetero) is 1. The molecule has 0 aromatic rings. The minimum absolute atomic E-state index is 0.00999. The Bertz CT molecular complexity index is 343. The number of hydrogen-bond acceptors (Lipinski definition) is 4. The van der Waals surface area contributed by atoms with Crippen LogP contribution in [0.3, 0.4) is 0 Å². The predicted octanol–water partition coefficient (Wildman–Crippen LogP) is 0.612. The van der Waals surface area contributed by atoms with E-state index in [9.17, 15) is 14.4 Å². The van der Waals surface area contributed by atoms with Crippen molar-refractivity contribution in [2.24, 2.45) is 5.92 Å². The van der Waals surface area contributed by atoms with E-state index in [1.165, 1.54) is 0 Å². The van der Waals surface area contributed by atoms with Crippen molar-refractivity contribution in [3.63, 3.8) is 0 Å². The number of amides is 2. The number of ketones is 1. The fourth-order valence-corrected chi connectivity index (χ4v) is 1.85. The van der Waals surface area contributed by atoms with Gasteiger partial charge in [-0.1, -0.05) is 20.8 Å². The van der Waals surface area contributed by atoms with Crippen LogP contribution in [0, 0.1) is 5.92 Å². The van der Waals surface area contributed by atoms with Crippen molar-refractivity contribution < 1.29 is 14.4 Å². The molecule has 0 radical (unpaired) electrons. The van der Waals surface area contributed by atoms with Crippen molar-refractivity contribution in [3.8, 4) is 0 Å². The first-order valence-electron chi connectivity index (χ1n) is 7.72. The molecule has 122 valence electrons. The van der Waals surface area contributed by atoms with E-state index in [0.717, 1.165) is 0 Å². The Morgan fingerprint density at radius 1 is 0.952 bits per heavy atom. The number of likely N-dealkylation sites (N-methyl/N-ethyl adjacent to an activating group) is 1. The molecular weight excluding hydrogens is 270 g/mol. The molecule has 1 atom stereocenters. The number of rotatable bonds is 11. The summed E-state index contributed by atoms with van der Waals surface area (Å²) < 4.78 is 0. The maximum absolute atomic E-state index is 12.0. The summed E-state index contributed by atoms with van der Waals surface area (Å²) in [6.45, 7) is 9.05. The van der Waals surface area contributed by atoms with Gasteiger partial charge in [-0.15, -0.1) is 0 Å². The highest BCUT2D eigenvalue weighted by molar-refractivity contribution is 5.84. The van der Waals surface area contributed by atoms with Crippen LogP contribution in [-0.4, -0.2) is 43.3 Å². The van der Waals surface area contributed by atoms with Crippen molar-refractivity contribution in [3.05, 3.63) is 0 Å². The van der Waals surface area contributed by atoms with Crippen molar-refractivity contribution in [2.75, 3.05) is 19.6 Å². The van der Waals surface area contributed by atoms with Crippen LogP contribution < -0.4 is 16.0 Å². The average Bonchev–Trinajstić information content (AvgIpc) is 2.43. The van der Waals surface area contributed by atoms with Gasteiger partial charge in [-0.05, 0) is 19.9 Å². The lowest BCUT2D eigenvalue weighted by Crippen LogP contribution is -2.45. The fourth-order valence-electron chi connectivity index (χ4n) is 1.85. The van der Waals surface area contributed by atoms with E-state index in [2.05, 4.69) is 16.0 Å². The van der Waals surface area contributed by atoms with Gasteiger partial charge in [0.2, 0.25) is 11.8 Å². The zero-order chi connectivity index (χ0) is 16.3. The summed E-state index contributed by atoms with van der Waals surface area (Å²) in [7, 11) is 0. The second kappa shape index (κ2) is 11.3. The Morgan fingerprint density at radius 3 is 2.14 bits per heavy atom. The first kappa shape index (κ1) is 19.6. The molecule has 0 spiro atoms. The molecular formula is C15H29N3O3. The smallest absolute Gasteiger partial charge is 0.237 e. The highest BCUT2D eigenvalue weighted by Crippen LogP contribution is 2.00. The summed E-state index contributed by atoms with van der Waals surface area (Å²) in [6.07, 6.45) is 1.10. The van der Waals surface area contributed by atoms with Crippen LogP contribution >= 0.6 is 0 Å². The first-order chi connectivity index (χ1) is 9.92. The highest BCUT2D eigenvalue weighted by atomic mass is 16.2. The third-order valence-electron chi connectivity index (χ3n) is 3.12. The average molecular weight is 299 g/mol. The maximum Gasteiger partial charge on any atom is 0.237 e. The Balaban J connectivity index is 4.16. The molecule has 6 nitrogen and oxygen atoms in total. The Hall–Kier alpha value is -1.43. The van der Waals surface area contributed by atoms with Crippen molar-refractivity contribution in [2.45, 2.75) is 53.0 Å². The molecule has 0 saturated heterocycles. The number of nitrogens with one attached hydrogen (secondary N) is 3. The van der Waals surface area contributed by atoms with Gasteiger partial charge in [0.15, 0.2) is 0 Å². The molecule has 0 heterocycles. The molecule has 2 amide bonds. The van der Waals surface area contributed by atoms with Gasteiger partial charge in [0.1, 0.15) is 5.78 Å². The monoisotopic (exact) mass is 299 g/mol. The molecule has 0 fully saturated rings. The van der Waals surface area contributed by atoms with Gasteiger partial charge in [-0.25, -0.2) is 0 Å². The lowest BCUT2D eigenvalue weighted by Gasteiger charge is -2.17. The van der Waals surface area contributed by atoms with Crippen molar-refractivity contribution in [1.82, 2.24) is 16.0 Å². The third-order valence-corrected chi connectivity index (χ3v) is 3.12. The standard InChI is InChI=1S/C15H29N3O3/c1-5-16-12(7-8-14(20)17-6-2)15(21)18-10-9-13(19)11(3)4/h11-12,16H,5-10H2,1-4H3,(H,17,20)(H,18,21). The summed E-state index contributed by atoms with van der Waals surface area (Å²) in [6, 6.07) is -0.397. The minimum atomic E-state index is -0.397. The molecule has 0 aromatic carbocycles. The quantitative estimate of drug-likeness (QED) is 0.522. The summed E-state index contributed by atoms with van der Waals surface area (Å²) in [4.78, 5) is 35.0. The first-order valence-corrected chi connectivity index (χ1v) is 7.72. The van der Waals surface area contributed by atoms with Crippen LogP contribution in [0.15, 0.2) is 0 Å². The SMILES string of the molecule is CCNC(=O)CCC(NCC)C(=O)NCCC(=O)C(C)C. The van der Waals surface area contributed by atoms with Gasteiger partial charge in [-0.3, -0.25) is 14.4 Å². The van der Waals surface area contributed by atoms with Crippen molar-refractivity contribution >= 4 is 17.6 Å². The molecule has 0 bridgehead atoms. The van der Waals surface area contributed by atoms with E-state index in [1.807, 2.05) is 27.7 Å². The van der Waals surface area contributed by atoms with Crippen LogP contribution in [0.25, 0.3) is 0 Å². The lowest BCUT2D eigenvalue weighted by atomic mass is 10.1. The Kier molecular flexibility index (Phi) is 10.5. The van der Waals surface area contributed by atoms with E-state index in [0.29, 0.717) is 38.9 Å². The van der Waals surface area contributed by atoms with Gasteiger partial charge in [-0.2, -0.15) is 0 Å². The second-order valence-electron chi connectivity index (χ2n) is 5.26. The molecule has 1 unspecified atom stereocenters. The highest BCUT2D eigenvalue weighted by Gasteiger charge is 2.18. The van der Waals surface area contributed by atoms with Crippen LogP contribution in [0.5, 0.6) is 0 Å². The normalized spacial score (nSPS) is 12.0. The van der Waals surface area contributed by atoms with Crippen LogP contribution in [-0.2, 0) is 14.4 Å². The van der Waals surface area contributed by atoms with E-state index in [1.54, 1.807) is 0 Å². The van der Waals surface area contributed by atoms with Gasteiger partial charge in [0.25, 0.3) is 0 Å². The Morgan fingerprint density at radius 2 is 1.62 bits per heavy atom. The molecule has 6 heteroatoms. The summed E-state index contributed by atoms with van der Waals surface area (Å²) >= 11 is 0. The van der Waals surface area contributed by atoms with Crippen LogP contribution in [0.4, 0.5) is 0 Å². The Labute approximate surface area is 127 Å². The van der Waals surface area contributed by atoms with E-state index in [-0.39, 0.29) is 23.5 Å². The van der Waals surface area contributed by atoms with Gasteiger partial charge < -0.3 is 16.0 Å². The third kappa shape index (κ3) is 9.18. The summed E-state index contributed by atoms with van der Waals surface area (Å²) in [5.74, 6) is -0.0808. The zero-order valence-electron chi connectivity index (χ0n) is 13.6. The van der Waals surface area contributed by atoms with E-state index < -0.39 is 6.04 Å². The fraction of sp³-hybridized carbons (Fsp3) is 0.800. The second-order valence-corrected chi connectivity index (χ2v) is 5.26. The molecule has 0 rings (SSSR count).